The van der Waals surface area contributed by atoms with Gasteiger partial charge in [0.25, 0.3) is 11.5 Å². The summed E-state index contributed by atoms with van der Waals surface area (Å²) in [6, 6.07) is 4.11. The molecule has 1 aromatic heterocycles. The van der Waals surface area contributed by atoms with Crippen LogP contribution < -0.4 is 26.0 Å². The van der Waals surface area contributed by atoms with E-state index < -0.39 is 29.7 Å². The normalized spacial score (nSPS) is 10.2. The number of methoxy groups -OCH3 is 2. The Hall–Kier alpha value is -3.27. The quantitative estimate of drug-likeness (QED) is 0.614. The van der Waals surface area contributed by atoms with Gasteiger partial charge in [-0.05, 0) is 6.07 Å². The van der Waals surface area contributed by atoms with Gasteiger partial charge in [0.05, 0.1) is 31.4 Å². The van der Waals surface area contributed by atoms with Crippen molar-refractivity contribution in [3.63, 3.8) is 0 Å². The predicted molar refractivity (Wildman–Crippen MR) is 100 cm³/mol. The molecule has 0 bridgehead atoms. The molecule has 0 atom stereocenters. The summed E-state index contributed by atoms with van der Waals surface area (Å²) in [5.41, 5.74) is -0.884. The lowest BCUT2D eigenvalue weighted by Crippen LogP contribution is -2.29. The van der Waals surface area contributed by atoms with E-state index in [0.717, 1.165) is 10.6 Å². The Morgan fingerprint density at radius 1 is 1.18 bits per heavy atom. The Balaban J connectivity index is 1.88. The van der Waals surface area contributed by atoms with Crippen molar-refractivity contribution in [3.05, 3.63) is 50.3 Å². The van der Waals surface area contributed by atoms with Crippen molar-refractivity contribution in [1.82, 2.24) is 9.55 Å². The minimum Gasteiger partial charge on any atom is -0.495 e. The maximum absolute atomic E-state index is 12.0. The van der Waals surface area contributed by atoms with E-state index in [1.54, 1.807) is 0 Å². The first-order valence-corrected chi connectivity index (χ1v) is 8.38. The van der Waals surface area contributed by atoms with Crippen LogP contribution in [0.25, 0.3) is 0 Å². The average molecular weight is 412 g/mol. The highest BCUT2D eigenvalue weighted by Crippen LogP contribution is 2.35. The van der Waals surface area contributed by atoms with E-state index in [1.807, 2.05) is 0 Å². The molecule has 0 aliphatic rings. The summed E-state index contributed by atoms with van der Waals surface area (Å²) in [7, 11) is 2.86. The monoisotopic (exact) mass is 411 g/mol. The second kappa shape index (κ2) is 9.60. The third kappa shape index (κ3) is 5.61. The molecule has 2 aromatic rings. The average Bonchev–Trinajstić information content (AvgIpc) is 2.66. The lowest BCUT2D eigenvalue weighted by Gasteiger charge is -2.13. The second-order valence-corrected chi connectivity index (χ2v) is 5.86. The number of rotatable bonds is 8. The van der Waals surface area contributed by atoms with Gasteiger partial charge in [-0.1, -0.05) is 11.6 Å². The van der Waals surface area contributed by atoms with Crippen molar-refractivity contribution >= 4 is 29.2 Å². The summed E-state index contributed by atoms with van der Waals surface area (Å²) < 4.78 is 16.2. The molecule has 10 nitrogen and oxygen atoms in total. The minimum atomic E-state index is -0.687. The molecule has 11 heteroatoms. The summed E-state index contributed by atoms with van der Waals surface area (Å²) in [5, 5.41) is 2.79. The molecule has 0 saturated carbocycles. The van der Waals surface area contributed by atoms with Gasteiger partial charge >= 0.3 is 11.7 Å². The Morgan fingerprint density at radius 2 is 1.89 bits per heavy atom. The molecule has 0 spiro atoms. The number of carbonyl (C=O) groups is 2. The molecule has 1 heterocycles. The van der Waals surface area contributed by atoms with Crippen LogP contribution in [0.3, 0.4) is 0 Å². The van der Waals surface area contributed by atoms with Crippen molar-refractivity contribution in [2.45, 2.75) is 13.0 Å². The van der Waals surface area contributed by atoms with Gasteiger partial charge in [0.2, 0.25) is 0 Å². The Labute approximate surface area is 164 Å². The molecule has 2 N–H and O–H groups in total. The molecule has 0 aliphatic heterocycles. The van der Waals surface area contributed by atoms with Crippen molar-refractivity contribution < 1.29 is 23.8 Å². The van der Waals surface area contributed by atoms with Gasteiger partial charge in [0.15, 0.2) is 6.61 Å². The highest BCUT2D eigenvalue weighted by molar-refractivity contribution is 6.32. The van der Waals surface area contributed by atoms with Crippen molar-refractivity contribution in [1.29, 1.82) is 0 Å². The van der Waals surface area contributed by atoms with Crippen LogP contribution >= 0.6 is 11.6 Å². The summed E-state index contributed by atoms with van der Waals surface area (Å²) in [6.45, 7) is -0.538. The largest absolute Gasteiger partial charge is 0.495 e. The number of benzene rings is 1. The first-order valence-electron chi connectivity index (χ1n) is 8.00. The molecule has 1 aromatic carbocycles. The summed E-state index contributed by atoms with van der Waals surface area (Å²) >= 11 is 6.02. The number of ether oxygens (including phenoxy) is 3. The lowest BCUT2D eigenvalue weighted by molar-refractivity contribution is -0.147. The van der Waals surface area contributed by atoms with Crippen molar-refractivity contribution in [2.75, 3.05) is 26.1 Å². The van der Waals surface area contributed by atoms with E-state index in [-0.39, 0.29) is 23.7 Å². The number of anilines is 1. The second-order valence-electron chi connectivity index (χ2n) is 5.45. The molecular weight excluding hydrogens is 394 g/mol. The number of H-pyrrole nitrogens is 1. The molecule has 2 rings (SSSR count). The van der Waals surface area contributed by atoms with Gasteiger partial charge in [-0.3, -0.25) is 19.4 Å². The SMILES string of the molecule is COc1cc(OC)c(NC(=O)COC(=O)CCn2ccc(=O)[nH]c2=O)cc1Cl. The molecule has 0 saturated heterocycles. The van der Waals surface area contributed by atoms with E-state index in [0.29, 0.717) is 11.5 Å². The van der Waals surface area contributed by atoms with Crippen molar-refractivity contribution in [2.24, 2.45) is 0 Å². The fourth-order valence-electron chi connectivity index (χ4n) is 2.19. The predicted octanol–water partition coefficient (Wildman–Crippen LogP) is 0.779. The smallest absolute Gasteiger partial charge is 0.328 e. The summed E-state index contributed by atoms with van der Waals surface area (Å²) in [5.74, 6) is -0.596. The Morgan fingerprint density at radius 3 is 2.54 bits per heavy atom. The van der Waals surface area contributed by atoms with E-state index in [1.165, 1.54) is 32.5 Å². The van der Waals surface area contributed by atoms with Gasteiger partial charge in [0, 0.05) is 24.9 Å². The fourth-order valence-corrected chi connectivity index (χ4v) is 2.44. The summed E-state index contributed by atoms with van der Waals surface area (Å²) in [4.78, 5) is 48.3. The number of aromatic nitrogens is 2. The minimum absolute atomic E-state index is 0.00201. The van der Waals surface area contributed by atoms with E-state index in [4.69, 9.17) is 25.8 Å². The van der Waals surface area contributed by atoms with Crippen LogP contribution in [0.2, 0.25) is 5.02 Å². The van der Waals surface area contributed by atoms with Crippen LogP contribution in [0.4, 0.5) is 5.69 Å². The number of halogens is 1. The number of hydrogen-bond donors (Lipinski definition) is 2. The van der Waals surface area contributed by atoms with E-state index in [9.17, 15) is 19.2 Å². The molecule has 0 radical (unpaired) electrons. The number of amides is 1. The molecular formula is C17H18ClN3O7. The van der Waals surface area contributed by atoms with Gasteiger partial charge in [-0.2, -0.15) is 0 Å². The number of nitrogens with zero attached hydrogens (tertiary/aromatic N) is 1. The molecule has 0 unspecified atom stereocenters. The van der Waals surface area contributed by atoms with Crippen LogP contribution in [-0.4, -0.2) is 42.3 Å². The van der Waals surface area contributed by atoms with Crippen LogP contribution in [0.15, 0.2) is 34.0 Å². The van der Waals surface area contributed by atoms with E-state index in [2.05, 4.69) is 10.3 Å². The van der Waals surface area contributed by atoms with Gasteiger partial charge < -0.3 is 24.1 Å². The van der Waals surface area contributed by atoms with Crippen LogP contribution in [0.1, 0.15) is 6.42 Å². The zero-order chi connectivity index (χ0) is 20.7. The highest BCUT2D eigenvalue weighted by atomic mass is 35.5. The number of nitrogens with one attached hydrogen (secondary N) is 2. The van der Waals surface area contributed by atoms with Crippen LogP contribution in [0.5, 0.6) is 11.5 Å². The van der Waals surface area contributed by atoms with Crippen molar-refractivity contribution in [3.8, 4) is 11.5 Å². The standard InChI is InChI=1S/C17H18ClN3O7/c1-26-12-8-13(27-2)11(7-10(12)18)19-15(23)9-28-16(24)4-6-21-5-3-14(22)20-17(21)25/h3,5,7-8H,4,6,9H2,1-2H3,(H,19,23)(H,20,22,25). The number of esters is 1. The Bertz CT molecular complexity index is 983. The molecule has 0 aliphatic carbocycles. The van der Waals surface area contributed by atoms with Crippen LogP contribution in [-0.2, 0) is 20.9 Å². The molecule has 150 valence electrons. The van der Waals surface area contributed by atoms with Crippen LogP contribution in [0, 0.1) is 0 Å². The number of carbonyl (C=O) groups excluding carboxylic acids is 2. The maximum atomic E-state index is 12.0. The third-order valence-electron chi connectivity index (χ3n) is 3.57. The first-order chi connectivity index (χ1) is 13.3. The number of aromatic amines is 1. The maximum Gasteiger partial charge on any atom is 0.328 e. The zero-order valence-corrected chi connectivity index (χ0v) is 15.9. The highest BCUT2D eigenvalue weighted by Gasteiger charge is 2.14. The zero-order valence-electron chi connectivity index (χ0n) is 15.1. The molecule has 28 heavy (non-hydrogen) atoms. The third-order valence-corrected chi connectivity index (χ3v) is 3.86. The fraction of sp³-hybridized carbons (Fsp3) is 0.294. The van der Waals surface area contributed by atoms with E-state index >= 15 is 0 Å². The summed E-state index contributed by atoms with van der Waals surface area (Å²) in [6.07, 6.45) is 1.11. The topological polar surface area (TPSA) is 129 Å². The van der Waals surface area contributed by atoms with Gasteiger partial charge in [-0.25, -0.2) is 4.79 Å². The van der Waals surface area contributed by atoms with Gasteiger partial charge in [0.1, 0.15) is 11.5 Å². The number of hydrogen-bond acceptors (Lipinski definition) is 7. The van der Waals surface area contributed by atoms with Gasteiger partial charge in [-0.15, -0.1) is 0 Å². The number of aryl methyl sites for hydroxylation is 1. The Kier molecular flexibility index (Phi) is 7.21. The molecule has 1 amide bonds. The lowest BCUT2D eigenvalue weighted by atomic mass is 10.2. The first kappa shape index (κ1) is 21.0. The molecule has 0 fully saturated rings.